The van der Waals surface area contributed by atoms with Crippen molar-refractivity contribution >= 4 is 16.9 Å². The quantitative estimate of drug-likeness (QED) is 0.274. The Morgan fingerprint density at radius 1 is 0.857 bits per heavy atom. The molecule has 0 N–H and O–H groups in total. The molecule has 1 amide bonds. The lowest BCUT2D eigenvalue weighted by atomic mass is 10.0. The molecule has 0 spiro atoms. The Morgan fingerprint density at radius 2 is 1.43 bits per heavy atom. The van der Waals surface area contributed by atoms with Crippen molar-refractivity contribution in [2.75, 3.05) is 7.05 Å². The third-order valence-electron chi connectivity index (χ3n) is 5.34. The minimum absolute atomic E-state index is 0.0250. The lowest BCUT2D eigenvalue weighted by Crippen LogP contribution is -2.26. The average Bonchev–Trinajstić information content (AvgIpc) is 3.17. The van der Waals surface area contributed by atoms with Gasteiger partial charge in [0.05, 0.1) is 11.1 Å². The summed E-state index contributed by atoms with van der Waals surface area (Å²) in [5.74, 6) is -1.45. The fourth-order valence-corrected chi connectivity index (χ4v) is 3.73. The van der Waals surface area contributed by atoms with Gasteiger partial charge in [-0.3, -0.25) is 4.79 Å². The first-order valence-electron chi connectivity index (χ1n) is 10.2. The molecule has 0 aliphatic heterocycles. The molecular weight excluding hydrogens is 479 g/mol. The lowest BCUT2D eigenvalue weighted by molar-refractivity contribution is -0.143. The number of halogens is 7. The summed E-state index contributed by atoms with van der Waals surface area (Å²) in [5.41, 5.74) is -2.19. The number of nitrogens with zero attached hydrogens (tertiary/aromatic N) is 1. The van der Waals surface area contributed by atoms with Gasteiger partial charge < -0.3 is 9.32 Å². The number of benzene rings is 3. The summed E-state index contributed by atoms with van der Waals surface area (Å²) in [6.45, 7) is -0.550. The maximum Gasteiger partial charge on any atom is 0.416 e. The van der Waals surface area contributed by atoms with Crippen molar-refractivity contribution in [3.8, 4) is 11.1 Å². The van der Waals surface area contributed by atoms with Crippen LogP contribution in [0.3, 0.4) is 0 Å². The van der Waals surface area contributed by atoms with Gasteiger partial charge in [0.2, 0.25) is 5.76 Å². The van der Waals surface area contributed by atoms with Crippen LogP contribution in [-0.2, 0) is 18.9 Å². The van der Waals surface area contributed by atoms with Gasteiger partial charge in [0, 0.05) is 24.5 Å². The molecule has 0 saturated carbocycles. The highest BCUT2D eigenvalue weighted by molar-refractivity contribution is 6.07. The second-order valence-corrected chi connectivity index (χ2v) is 7.88. The van der Waals surface area contributed by atoms with E-state index >= 15 is 0 Å². The molecule has 3 aromatic carbocycles. The number of hydrogen-bond acceptors (Lipinski definition) is 2. The van der Waals surface area contributed by atoms with Crippen LogP contribution < -0.4 is 0 Å². The van der Waals surface area contributed by atoms with Gasteiger partial charge in [-0.05, 0) is 47.5 Å². The van der Waals surface area contributed by atoms with Gasteiger partial charge in [-0.25, -0.2) is 4.39 Å². The van der Waals surface area contributed by atoms with E-state index < -0.39 is 41.7 Å². The molecule has 0 unspecified atom stereocenters. The monoisotopic (exact) mass is 495 g/mol. The highest BCUT2D eigenvalue weighted by Crippen LogP contribution is 2.38. The fraction of sp³-hybridized carbons (Fsp3) is 0.160. The van der Waals surface area contributed by atoms with Gasteiger partial charge in [-0.1, -0.05) is 30.3 Å². The molecule has 0 fully saturated rings. The van der Waals surface area contributed by atoms with Crippen LogP contribution >= 0.6 is 0 Å². The van der Waals surface area contributed by atoms with E-state index in [-0.39, 0.29) is 17.4 Å². The third-order valence-corrected chi connectivity index (χ3v) is 5.34. The maximum absolute atomic E-state index is 13.4. The minimum atomic E-state index is -5.01. The van der Waals surface area contributed by atoms with E-state index in [1.165, 1.54) is 31.3 Å². The van der Waals surface area contributed by atoms with Crippen LogP contribution in [0.5, 0.6) is 0 Å². The van der Waals surface area contributed by atoms with Crippen LogP contribution in [0.25, 0.3) is 22.1 Å². The van der Waals surface area contributed by atoms with Crippen molar-refractivity contribution in [2.45, 2.75) is 18.9 Å². The average molecular weight is 495 g/mol. The molecule has 0 radical (unpaired) electrons. The molecule has 0 bridgehead atoms. The molecule has 0 aliphatic carbocycles. The van der Waals surface area contributed by atoms with Crippen molar-refractivity contribution in [2.24, 2.45) is 0 Å². The van der Waals surface area contributed by atoms with E-state index in [2.05, 4.69) is 0 Å². The number of hydrogen-bond donors (Lipinski definition) is 0. The zero-order valence-corrected chi connectivity index (χ0v) is 18.0. The number of alkyl halides is 6. The Balaban J connectivity index is 1.74. The summed E-state index contributed by atoms with van der Waals surface area (Å²) >= 11 is 0. The first-order valence-corrected chi connectivity index (χ1v) is 10.2. The van der Waals surface area contributed by atoms with E-state index in [4.69, 9.17) is 4.42 Å². The summed E-state index contributed by atoms with van der Waals surface area (Å²) in [6.07, 6.45) is -10.0. The molecule has 0 atom stereocenters. The first kappa shape index (κ1) is 24.3. The Bertz CT molecular complexity index is 1350. The van der Waals surface area contributed by atoms with Crippen LogP contribution in [-0.4, -0.2) is 17.9 Å². The molecular formula is C25H16F7NO2. The summed E-state index contributed by atoms with van der Waals surface area (Å²) in [5, 5.41) is 0.536. The molecule has 3 nitrogen and oxygen atoms in total. The highest BCUT2D eigenvalue weighted by Gasteiger charge is 2.37. The largest absolute Gasteiger partial charge is 0.450 e. The van der Waals surface area contributed by atoms with E-state index in [0.717, 1.165) is 4.90 Å². The summed E-state index contributed by atoms with van der Waals surface area (Å²) in [4.78, 5) is 14.2. The Kier molecular flexibility index (Phi) is 6.08. The SMILES string of the molecule is CN(Cc1cc(C(F)(F)F)cc(C(F)(F)F)c1)C(=O)c1oc2ccccc2c1-c1ccc(F)cc1. The zero-order valence-electron chi connectivity index (χ0n) is 18.0. The summed E-state index contributed by atoms with van der Waals surface area (Å²) in [6, 6.07) is 13.1. The zero-order chi connectivity index (χ0) is 25.5. The predicted molar refractivity (Wildman–Crippen MR) is 114 cm³/mol. The van der Waals surface area contributed by atoms with Crippen LogP contribution in [0.15, 0.2) is 71.1 Å². The molecule has 35 heavy (non-hydrogen) atoms. The van der Waals surface area contributed by atoms with Crippen LogP contribution in [0.2, 0.25) is 0 Å². The molecule has 0 aliphatic rings. The number of furan rings is 1. The van der Waals surface area contributed by atoms with Crippen molar-refractivity contribution in [1.29, 1.82) is 0 Å². The Morgan fingerprint density at radius 3 is 2.00 bits per heavy atom. The first-order chi connectivity index (χ1) is 16.3. The van der Waals surface area contributed by atoms with Crippen molar-refractivity contribution in [3.63, 3.8) is 0 Å². The van der Waals surface area contributed by atoms with Crippen LogP contribution in [0.1, 0.15) is 27.2 Å². The van der Waals surface area contributed by atoms with Crippen molar-refractivity contribution < 1.29 is 39.9 Å². The minimum Gasteiger partial charge on any atom is -0.450 e. The second-order valence-electron chi connectivity index (χ2n) is 7.88. The highest BCUT2D eigenvalue weighted by atomic mass is 19.4. The van der Waals surface area contributed by atoms with E-state index in [1.54, 1.807) is 24.3 Å². The smallest absolute Gasteiger partial charge is 0.416 e. The lowest BCUT2D eigenvalue weighted by Gasteiger charge is -2.19. The van der Waals surface area contributed by atoms with Crippen LogP contribution in [0, 0.1) is 5.82 Å². The Labute approximate surface area is 194 Å². The normalized spacial score (nSPS) is 12.2. The number of amides is 1. The van der Waals surface area contributed by atoms with Crippen molar-refractivity contribution in [1.82, 2.24) is 4.90 Å². The number of fused-ring (bicyclic) bond motifs is 1. The molecule has 1 aromatic heterocycles. The summed E-state index contributed by atoms with van der Waals surface area (Å²) in [7, 11) is 1.23. The fourth-order valence-electron chi connectivity index (χ4n) is 3.73. The van der Waals surface area contributed by atoms with Gasteiger partial charge in [0.1, 0.15) is 11.4 Å². The van der Waals surface area contributed by atoms with E-state index in [9.17, 15) is 35.5 Å². The molecule has 10 heteroatoms. The number of carbonyl (C=O) groups excluding carboxylic acids is 1. The molecule has 1 heterocycles. The Hall–Kier alpha value is -3.82. The second kappa shape index (κ2) is 8.75. The topological polar surface area (TPSA) is 33.5 Å². The predicted octanol–water partition coefficient (Wildman–Crippen LogP) is 7.55. The van der Waals surface area contributed by atoms with Gasteiger partial charge in [-0.15, -0.1) is 0 Å². The van der Waals surface area contributed by atoms with Gasteiger partial charge in [-0.2, -0.15) is 26.3 Å². The maximum atomic E-state index is 13.4. The van der Waals surface area contributed by atoms with Gasteiger partial charge >= 0.3 is 12.4 Å². The van der Waals surface area contributed by atoms with Gasteiger partial charge in [0.25, 0.3) is 5.91 Å². The molecule has 4 aromatic rings. The molecule has 0 saturated heterocycles. The number of carbonyl (C=O) groups is 1. The molecule has 182 valence electrons. The number of rotatable bonds is 4. The third kappa shape index (κ3) is 5.01. The summed E-state index contributed by atoms with van der Waals surface area (Å²) < 4.78 is 98.3. The van der Waals surface area contributed by atoms with Gasteiger partial charge in [0.15, 0.2) is 0 Å². The number of para-hydroxylation sites is 1. The standard InChI is InChI=1S/C25H16F7NO2/c1-33(13-14-10-16(24(27,28)29)12-17(11-14)25(30,31)32)23(34)22-21(15-6-8-18(26)9-7-15)19-4-2-3-5-20(19)35-22/h2-12H,13H2,1H3. The van der Waals surface area contributed by atoms with E-state index in [0.29, 0.717) is 34.2 Å². The van der Waals surface area contributed by atoms with Crippen LogP contribution in [0.4, 0.5) is 30.7 Å². The van der Waals surface area contributed by atoms with Crippen molar-refractivity contribution in [3.05, 3.63) is 95.0 Å². The molecule has 4 rings (SSSR count). The van der Waals surface area contributed by atoms with E-state index in [1.807, 2.05) is 0 Å².